The minimum absolute atomic E-state index is 0.0558. The minimum Gasteiger partial charge on any atom is -0.385 e. The second-order valence-corrected chi connectivity index (χ2v) is 5.42. The lowest BCUT2D eigenvalue weighted by atomic mass is 9.81. The molecular formula is C13H13F4NO. The van der Waals surface area contributed by atoms with E-state index in [1.165, 1.54) is 0 Å². The molecule has 0 aliphatic carbocycles. The number of piperidine rings is 1. The molecule has 0 radical (unpaired) electrons. The van der Waals surface area contributed by atoms with Crippen molar-refractivity contribution < 1.29 is 22.7 Å². The molecule has 2 nitrogen and oxygen atoms in total. The molecule has 2 fully saturated rings. The Morgan fingerprint density at radius 3 is 1.95 bits per heavy atom. The van der Waals surface area contributed by atoms with Crippen LogP contribution in [0.3, 0.4) is 0 Å². The Morgan fingerprint density at radius 1 is 1.00 bits per heavy atom. The third-order valence-corrected chi connectivity index (χ3v) is 4.08. The zero-order chi connectivity index (χ0) is 13.8. The number of nitrogens with one attached hydrogen (secondary N) is 1. The lowest BCUT2D eigenvalue weighted by molar-refractivity contribution is -0.0186. The quantitative estimate of drug-likeness (QED) is 0.609. The highest BCUT2D eigenvalue weighted by atomic mass is 19.2. The number of fused-ring (bicyclic) bond motifs is 2. The number of hydrogen-bond donors (Lipinski definition) is 2. The van der Waals surface area contributed by atoms with Crippen molar-refractivity contribution in [2.45, 2.75) is 43.4 Å². The largest absolute Gasteiger partial charge is 0.385 e. The highest BCUT2D eigenvalue weighted by Gasteiger charge is 2.47. The summed E-state index contributed by atoms with van der Waals surface area (Å²) in [7, 11) is 0. The van der Waals surface area contributed by atoms with E-state index in [1.54, 1.807) is 0 Å². The Balaban J connectivity index is 2.11. The van der Waals surface area contributed by atoms with Crippen molar-refractivity contribution in [3.05, 3.63) is 34.9 Å². The number of hydrogen-bond acceptors (Lipinski definition) is 2. The smallest absolute Gasteiger partial charge is 0.168 e. The summed E-state index contributed by atoms with van der Waals surface area (Å²) in [6.45, 7) is 0. The fraction of sp³-hybridized carbons (Fsp3) is 0.538. The van der Waals surface area contributed by atoms with Crippen LogP contribution in [-0.2, 0) is 5.60 Å². The van der Waals surface area contributed by atoms with Crippen LogP contribution in [0.4, 0.5) is 17.6 Å². The van der Waals surface area contributed by atoms with Crippen LogP contribution in [0.25, 0.3) is 0 Å². The lowest BCUT2D eigenvalue weighted by Crippen LogP contribution is -2.47. The first-order chi connectivity index (χ1) is 8.90. The van der Waals surface area contributed by atoms with Gasteiger partial charge in [-0.15, -0.1) is 0 Å². The molecule has 19 heavy (non-hydrogen) atoms. The van der Waals surface area contributed by atoms with Crippen LogP contribution >= 0.6 is 0 Å². The number of aliphatic hydroxyl groups is 1. The zero-order valence-corrected chi connectivity index (χ0v) is 10.0. The Morgan fingerprint density at radius 2 is 1.47 bits per heavy atom. The zero-order valence-electron chi connectivity index (χ0n) is 10.0. The van der Waals surface area contributed by atoms with Crippen LogP contribution < -0.4 is 5.32 Å². The highest BCUT2D eigenvalue weighted by molar-refractivity contribution is 5.30. The van der Waals surface area contributed by atoms with Crippen molar-refractivity contribution in [2.75, 3.05) is 0 Å². The fourth-order valence-electron chi connectivity index (χ4n) is 3.31. The molecule has 2 aliphatic rings. The molecule has 2 saturated heterocycles. The van der Waals surface area contributed by atoms with Crippen molar-refractivity contribution in [3.8, 4) is 0 Å². The number of rotatable bonds is 1. The summed E-state index contributed by atoms with van der Waals surface area (Å²) in [6.07, 6.45) is 1.68. The van der Waals surface area contributed by atoms with Gasteiger partial charge in [-0.2, -0.15) is 0 Å². The van der Waals surface area contributed by atoms with E-state index in [0.717, 1.165) is 12.8 Å². The molecule has 2 unspecified atom stereocenters. The molecule has 2 bridgehead atoms. The van der Waals surface area contributed by atoms with Crippen LogP contribution in [0.15, 0.2) is 6.07 Å². The first-order valence-electron chi connectivity index (χ1n) is 6.22. The van der Waals surface area contributed by atoms with Crippen LogP contribution in [0.1, 0.15) is 31.2 Å². The van der Waals surface area contributed by atoms with Crippen molar-refractivity contribution >= 4 is 0 Å². The van der Waals surface area contributed by atoms with Gasteiger partial charge in [0, 0.05) is 18.2 Å². The van der Waals surface area contributed by atoms with E-state index in [9.17, 15) is 22.7 Å². The molecule has 0 aromatic heterocycles. The molecule has 0 amide bonds. The normalized spacial score (nSPS) is 33.7. The van der Waals surface area contributed by atoms with Crippen LogP contribution in [0, 0.1) is 23.3 Å². The molecule has 2 N–H and O–H groups in total. The molecule has 2 heterocycles. The lowest BCUT2D eigenvalue weighted by Gasteiger charge is -2.37. The topological polar surface area (TPSA) is 32.3 Å². The first-order valence-corrected chi connectivity index (χ1v) is 6.22. The van der Waals surface area contributed by atoms with Gasteiger partial charge in [0.1, 0.15) is 0 Å². The van der Waals surface area contributed by atoms with Crippen molar-refractivity contribution in [3.63, 3.8) is 0 Å². The highest BCUT2D eigenvalue weighted by Crippen LogP contribution is 2.43. The van der Waals surface area contributed by atoms with Gasteiger partial charge < -0.3 is 10.4 Å². The Hall–Kier alpha value is -1.14. The summed E-state index contributed by atoms with van der Waals surface area (Å²) in [6, 6.07) is 0.00971. The Labute approximate surface area is 107 Å². The average Bonchev–Trinajstić information content (AvgIpc) is 2.67. The number of benzene rings is 1. The summed E-state index contributed by atoms with van der Waals surface area (Å²) in [5, 5.41) is 13.7. The third kappa shape index (κ3) is 1.94. The Bertz CT molecular complexity index is 496. The maximum atomic E-state index is 13.8. The van der Waals surface area contributed by atoms with Crippen molar-refractivity contribution in [1.82, 2.24) is 5.32 Å². The molecule has 3 rings (SSSR count). The number of halogens is 4. The van der Waals surface area contributed by atoms with Gasteiger partial charge in [0.25, 0.3) is 0 Å². The van der Waals surface area contributed by atoms with Crippen LogP contribution in [-0.4, -0.2) is 17.2 Å². The summed E-state index contributed by atoms with van der Waals surface area (Å²) in [5.41, 5.74) is -2.72. The van der Waals surface area contributed by atoms with Gasteiger partial charge in [-0.05, 0) is 25.7 Å². The van der Waals surface area contributed by atoms with E-state index >= 15 is 0 Å². The molecule has 0 saturated carbocycles. The molecule has 0 spiro atoms. The molecular weight excluding hydrogens is 262 g/mol. The second-order valence-electron chi connectivity index (χ2n) is 5.42. The van der Waals surface area contributed by atoms with Gasteiger partial charge in [0.05, 0.1) is 11.2 Å². The predicted octanol–water partition coefficient (Wildman–Crippen LogP) is 2.34. The SMILES string of the molecule is OC1(c2c(F)c(F)cc(F)c2F)CC2CCC(C1)N2. The molecule has 6 heteroatoms. The monoisotopic (exact) mass is 275 g/mol. The maximum Gasteiger partial charge on any atom is 0.168 e. The van der Waals surface area contributed by atoms with Crippen molar-refractivity contribution in [2.24, 2.45) is 0 Å². The fourth-order valence-corrected chi connectivity index (χ4v) is 3.31. The van der Waals surface area contributed by atoms with E-state index in [-0.39, 0.29) is 31.0 Å². The van der Waals surface area contributed by atoms with E-state index in [1.807, 2.05) is 0 Å². The van der Waals surface area contributed by atoms with E-state index in [2.05, 4.69) is 5.32 Å². The molecule has 2 atom stereocenters. The first kappa shape index (κ1) is 12.9. The van der Waals surface area contributed by atoms with Gasteiger partial charge >= 0.3 is 0 Å². The van der Waals surface area contributed by atoms with Gasteiger partial charge in [-0.3, -0.25) is 0 Å². The Kier molecular flexibility index (Phi) is 2.83. The molecule has 1 aromatic rings. The van der Waals surface area contributed by atoms with Crippen molar-refractivity contribution in [1.29, 1.82) is 0 Å². The predicted molar refractivity (Wildman–Crippen MR) is 59.4 cm³/mol. The summed E-state index contributed by atoms with van der Waals surface area (Å²) < 4.78 is 54.1. The van der Waals surface area contributed by atoms with Gasteiger partial charge in [-0.1, -0.05) is 0 Å². The van der Waals surface area contributed by atoms with Gasteiger partial charge in [0.15, 0.2) is 23.3 Å². The minimum atomic E-state index is -1.85. The molecule has 104 valence electrons. The standard InChI is InChI=1S/C13H13F4NO/c14-8-3-9(15)12(17)10(11(8)16)13(19)4-6-1-2-7(5-13)18-6/h3,6-7,18-19H,1-2,4-5H2. The van der Waals surface area contributed by atoms with Gasteiger partial charge in [0.2, 0.25) is 0 Å². The van der Waals surface area contributed by atoms with E-state index in [4.69, 9.17) is 0 Å². The summed E-state index contributed by atoms with van der Waals surface area (Å²) >= 11 is 0. The molecule has 1 aromatic carbocycles. The third-order valence-electron chi connectivity index (χ3n) is 4.08. The maximum absolute atomic E-state index is 13.8. The van der Waals surface area contributed by atoms with E-state index < -0.39 is 34.4 Å². The van der Waals surface area contributed by atoms with Gasteiger partial charge in [-0.25, -0.2) is 17.6 Å². The second kappa shape index (κ2) is 4.18. The molecule has 2 aliphatic heterocycles. The average molecular weight is 275 g/mol. The summed E-state index contributed by atoms with van der Waals surface area (Å²) in [4.78, 5) is 0. The van der Waals surface area contributed by atoms with E-state index in [0.29, 0.717) is 0 Å². The van der Waals surface area contributed by atoms with Crippen LogP contribution in [0.5, 0.6) is 0 Å². The van der Waals surface area contributed by atoms with Crippen LogP contribution in [0.2, 0.25) is 0 Å². The summed E-state index contributed by atoms with van der Waals surface area (Å²) in [5.74, 6) is -5.95.